The molecule has 74 valence electrons. The van der Waals surface area contributed by atoms with E-state index in [1.807, 2.05) is 13.8 Å². The van der Waals surface area contributed by atoms with Crippen molar-refractivity contribution in [2.45, 2.75) is 20.8 Å². The zero-order valence-electron chi connectivity index (χ0n) is 8.38. The Labute approximate surface area is 87.1 Å². The topological polar surface area (TPSA) is 39.2 Å². The largest absolute Gasteiger partial charge is 0.456 e. The Morgan fingerprint density at radius 1 is 1.57 bits per heavy atom. The van der Waals surface area contributed by atoms with Crippen LogP contribution in [0.4, 0.5) is 0 Å². The highest BCUT2D eigenvalue weighted by atomic mass is 32.1. The van der Waals surface area contributed by atoms with Crippen LogP contribution in [0.2, 0.25) is 0 Å². The number of aromatic nitrogens is 1. The molecule has 1 aromatic rings. The third-order valence-corrected chi connectivity index (χ3v) is 2.45. The third-order valence-electron chi connectivity index (χ3n) is 1.46. The normalized spacial score (nSPS) is 9.07. The predicted octanol–water partition coefficient (Wildman–Crippen LogP) is 1.67. The lowest BCUT2D eigenvalue weighted by molar-refractivity contribution is -0.136. The molecule has 0 saturated heterocycles. The van der Waals surface area contributed by atoms with Gasteiger partial charge >= 0.3 is 5.97 Å². The standard InChI is InChI=1S/C10H11NO2S/c1-4-13-10(12)6-5-9-7(2)11-8(3)14-9/h4H2,1-3H3. The second-order valence-corrected chi connectivity index (χ2v) is 3.82. The van der Waals surface area contributed by atoms with Crippen molar-refractivity contribution in [3.05, 3.63) is 15.6 Å². The maximum absolute atomic E-state index is 10.9. The zero-order chi connectivity index (χ0) is 10.6. The quantitative estimate of drug-likeness (QED) is 0.521. The number of hydrogen-bond donors (Lipinski definition) is 0. The van der Waals surface area contributed by atoms with Gasteiger partial charge in [-0.2, -0.15) is 0 Å². The van der Waals surface area contributed by atoms with Crippen molar-refractivity contribution in [2.24, 2.45) is 0 Å². The van der Waals surface area contributed by atoms with Crippen LogP contribution in [0.5, 0.6) is 0 Å². The molecule has 4 heteroatoms. The molecule has 0 spiro atoms. The number of esters is 1. The Balaban J connectivity index is 2.77. The van der Waals surface area contributed by atoms with Gasteiger partial charge in [-0.1, -0.05) is 0 Å². The van der Waals surface area contributed by atoms with E-state index in [2.05, 4.69) is 21.6 Å². The number of thiazole rings is 1. The van der Waals surface area contributed by atoms with Gasteiger partial charge in [-0.05, 0) is 26.7 Å². The van der Waals surface area contributed by atoms with Crippen molar-refractivity contribution >= 4 is 17.3 Å². The fourth-order valence-electron chi connectivity index (χ4n) is 0.922. The van der Waals surface area contributed by atoms with Crippen molar-refractivity contribution < 1.29 is 9.53 Å². The second-order valence-electron chi connectivity index (χ2n) is 2.62. The van der Waals surface area contributed by atoms with Gasteiger partial charge in [0.1, 0.15) is 4.88 Å². The van der Waals surface area contributed by atoms with Gasteiger partial charge in [0, 0.05) is 5.92 Å². The van der Waals surface area contributed by atoms with E-state index in [9.17, 15) is 4.79 Å². The second kappa shape index (κ2) is 4.77. The van der Waals surface area contributed by atoms with E-state index >= 15 is 0 Å². The van der Waals surface area contributed by atoms with E-state index in [-0.39, 0.29) is 0 Å². The van der Waals surface area contributed by atoms with Gasteiger partial charge in [0.15, 0.2) is 0 Å². The number of carbonyl (C=O) groups is 1. The number of rotatable bonds is 1. The zero-order valence-corrected chi connectivity index (χ0v) is 9.20. The Kier molecular flexibility index (Phi) is 3.66. The predicted molar refractivity (Wildman–Crippen MR) is 55.1 cm³/mol. The number of ether oxygens (including phenoxy) is 1. The first-order valence-electron chi connectivity index (χ1n) is 4.26. The summed E-state index contributed by atoms with van der Waals surface area (Å²) in [6.07, 6.45) is 0. The Morgan fingerprint density at radius 2 is 2.29 bits per heavy atom. The molecule has 14 heavy (non-hydrogen) atoms. The Hall–Kier alpha value is -1.34. The number of nitrogens with zero attached hydrogens (tertiary/aromatic N) is 1. The molecule has 0 bridgehead atoms. The fourth-order valence-corrected chi connectivity index (χ4v) is 1.70. The minimum atomic E-state index is -0.488. The van der Waals surface area contributed by atoms with E-state index < -0.39 is 5.97 Å². The van der Waals surface area contributed by atoms with Gasteiger partial charge < -0.3 is 4.74 Å². The van der Waals surface area contributed by atoms with Crippen LogP contribution in [-0.2, 0) is 9.53 Å². The summed E-state index contributed by atoms with van der Waals surface area (Å²) >= 11 is 1.48. The Bertz CT molecular complexity index is 398. The first kappa shape index (κ1) is 10.7. The van der Waals surface area contributed by atoms with E-state index in [1.165, 1.54) is 11.3 Å². The summed E-state index contributed by atoms with van der Waals surface area (Å²) < 4.78 is 4.68. The van der Waals surface area contributed by atoms with Crippen LogP contribution in [0, 0.1) is 25.7 Å². The van der Waals surface area contributed by atoms with E-state index in [0.29, 0.717) is 6.61 Å². The molecule has 0 aliphatic rings. The van der Waals surface area contributed by atoms with Gasteiger partial charge in [-0.25, -0.2) is 9.78 Å². The summed E-state index contributed by atoms with van der Waals surface area (Å²) in [5, 5.41) is 0.954. The summed E-state index contributed by atoms with van der Waals surface area (Å²) in [7, 11) is 0. The average Bonchev–Trinajstić information content (AvgIpc) is 2.42. The molecular weight excluding hydrogens is 198 g/mol. The van der Waals surface area contributed by atoms with Crippen LogP contribution in [0.15, 0.2) is 0 Å². The van der Waals surface area contributed by atoms with E-state index in [0.717, 1.165) is 15.6 Å². The highest BCUT2D eigenvalue weighted by molar-refractivity contribution is 7.12. The number of carbonyl (C=O) groups excluding carboxylic acids is 1. The Morgan fingerprint density at radius 3 is 2.79 bits per heavy atom. The first-order chi connectivity index (χ1) is 6.63. The third kappa shape index (κ3) is 2.86. The maximum Gasteiger partial charge on any atom is 0.384 e. The highest BCUT2D eigenvalue weighted by Gasteiger charge is 2.01. The molecule has 3 nitrogen and oxygen atoms in total. The molecule has 0 aliphatic carbocycles. The van der Waals surface area contributed by atoms with Crippen LogP contribution in [0.25, 0.3) is 0 Å². The summed E-state index contributed by atoms with van der Waals surface area (Å²) in [5.41, 5.74) is 0.865. The molecule has 0 saturated carbocycles. The minimum Gasteiger partial charge on any atom is -0.456 e. The van der Waals surface area contributed by atoms with Crippen LogP contribution in [-0.4, -0.2) is 17.6 Å². The van der Waals surface area contributed by atoms with Gasteiger partial charge in [-0.3, -0.25) is 0 Å². The lowest BCUT2D eigenvalue weighted by atomic mass is 10.4. The molecule has 0 N–H and O–H groups in total. The van der Waals surface area contributed by atoms with Crippen LogP contribution < -0.4 is 0 Å². The first-order valence-corrected chi connectivity index (χ1v) is 5.08. The summed E-state index contributed by atoms with van der Waals surface area (Å²) in [5.74, 6) is 4.68. The molecule has 0 fully saturated rings. The smallest absolute Gasteiger partial charge is 0.384 e. The lowest BCUT2D eigenvalue weighted by Crippen LogP contribution is -1.99. The molecule has 0 radical (unpaired) electrons. The highest BCUT2D eigenvalue weighted by Crippen LogP contribution is 2.15. The summed E-state index contributed by atoms with van der Waals surface area (Å²) in [6.45, 7) is 5.89. The van der Waals surface area contributed by atoms with Crippen molar-refractivity contribution in [3.8, 4) is 11.8 Å². The molecule has 0 amide bonds. The minimum absolute atomic E-state index is 0.355. The molecule has 0 aromatic carbocycles. The van der Waals surface area contributed by atoms with Gasteiger partial charge in [0.25, 0.3) is 0 Å². The van der Waals surface area contributed by atoms with Gasteiger partial charge in [0.2, 0.25) is 0 Å². The van der Waals surface area contributed by atoms with Crippen molar-refractivity contribution in [1.82, 2.24) is 4.98 Å². The van der Waals surface area contributed by atoms with Crippen LogP contribution in [0.1, 0.15) is 22.5 Å². The number of aryl methyl sites for hydroxylation is 2. The van der Waals surface area contributed by atoms with Gasteiger partial charge in [0.05, 0.1) is 17.3 Å². The number of hydrogen-bond acceptors (Lipinski definition) is 4. The molecular formula is C10H11NO2S. The monoisotopic (exact) mass is 209 g/mol. The van der Waals surface area contributed by atoms with Crippen molar-refractivity contribution in [3.63, 3.8) is 0 Å². The fraction of sp³-hybridized carbons (Fsp3) is 0.400. The van der Waals surface area contributed by atoms with E-state index in [4.69, 9.17) is 0 Å². The molecule has 1 rings (SSSR count). The average molecular weight is 209 g/mol. The summed E-state index contributed by atoms with van der Waals surface area (Å²) in [6, 6.07) is 0. The van der Waals surface area contributed by atoms with Gasteiger partial charge in [-0.15, -0.1) is 11.3 Å². The van der Waals surface area contributed by atoms with Crippen LogP contribution >= 0.6 is 11.3 Å². The van der Waals surface area contributed by atoms with Crippen LogP contribution in [0.3, 0.4) is 0 Å². The SMILES string of the molecule is CCOC(=O)C#Cc1sc(C)nc1C. The van der Waals surface area contributed by atoms with E-state index in [1.54, 1.807) is 6.92 Å². The molecule has 1 heterocycles. The molecule has 0 atom stereocenters. The summed E-state index contributed by atoms with van der Waals surface area (Å²) in [4.78, 5) is 16.0. The molecule has 0 unspecified atom stereocenters. The van der Waals surface area contributed by atoms with Crippen molar-refractivity contribution in [2.75, 3.05) is 6.61 Å². The maximum atomic E-state index is 10.9. The molecule has 1 aromatic heterocycles. The van der Waals surface area contributed by atoms with Crippen molar-refractivity contribution in [1.29, 1.82) is 0 Å². The molecule has 0 aliphatic heterocycles. The lowest BCUT2D eigenvalue weighted by Gasteiger charge is -1.90.